The third-order valence-electron chi connectivity index (χ3n) is 3.74. The van der Waals surface area contributed by atoms with E-state index >= 15 is 0 Å². The van der Waals surface area contributed by atoms with E-state index in [1.54, 1.807) is 16.8 Å². The van der Waals surface area contributed by atoms with Gasteiger partial charge in [-0.15, -0.1) is 0 Å². The van der Waals surface area contributed by atoms with Crippen molar-refractivity contribution >= 4 is 34.9 Å². The Hall–Kier alpha value is -2.74. The number of rotatable bonds is 5. The Labute approximate surface area is 146 Å². The lowest BCUT2D eigenvalue weighted by Crippen LogP contribution is -2.15. The van der Waals surface area contributed by atoms with Gasteiger partial charge in [0.15, 0.2) is 11.4 Å². The summed E-state index contributed by atoms with van der Waals surface area (Å²) in [7, 11) is 1.43. The van der Waals surface area contributed by atoms with Gasteiger partial charge in [-0.25, -0.2) is 4.98 Å². The van der Waals surface area contributed by atoms with Crippen molar-refractivity contribution in [1.29, 1.82) is 0 Å². The second kappa shape index (κ2) is 6.29. The van der Waals surface area contributed by atoms with Crippen LogP contribution in [0.1, 0.15) is 11.1 Å². The smallest absolute Gasteiger partial charge is 0.327 e. The molecule has 1 aromatic carbocycles. The zero-order valence-corrected chi connectivity index (χ0v) is 13.8. The first-order valence-electron chi connectivity index (χ1n) is 7.15. The molecule has 0 amide bonds. The van der Waals surface area contributed by atoms with E-state index < -0.39 is 17.8 Å². The third-order valence-corrected chi connectivity index (χ3v) is 4.00. The van der Waals surface area contributed by atoms with Crippen molar-refractivity contribution in [2.45, 2.75) is 12.5 Å². The van der Waals surface area contributed by atoms with Crippen LogP contribution in [0.5, 0.6) is 5.75 Å². The van der Waals surface area contributed by atoms with Crippen LogP contribution in [0.15, 0.2) is 30.5 Å². The average Bonchev–Trinajstić information content (AvgIpc) is 2.97. The second-order valence-corrected chi connectivity index (χ2v) is 5.68. The number of benzene rings is 1. The lowest BCUT2D eigenvalue weighted by molar-refractivity contribution is -0.130. The number of nitrogens with two attached hydrogens (primary N) is 1. The zero-order valence-electron chi connectivity index (χ0n) is 13.0. The van der Waals surface area contributed by atoms with Crippen molar-refractivity contribution in [1.82, 2.24) is 14.5 Å². The van der Waals surface area contributed by atoms with E-state index in [1.807, 2.05) is 0 Å². The molecule has 0 bridgehead atoms. The van der Waals surface area contributed by atoms with Crippen LogP contribution in [0, 0.1) is 0 Å². The van der Waals surface area contributed by atoms with Crippen molar-refractivity contribution in [3.63, 3.8) is 0 Å². The molecule has 9 heteroatoms. The molecule has 0 unspecified atom stereocenters. The molecular formula is C16H13ClF2N4O2. The van der Waals surface area contributed by atoms with Gasteiger partial charge in [-0.1, -0.05) is 11.6 Å². The highest BCUT2D eigenvalue weighted by atomic mass is 35.5. The number of hydrogen-bond acceptors (Lipinski definition) is 5. The zero-order chi connectivity index (χ0) is 18.2. The van der Waals surface area contributed by atoms with Gasteiger partial charge in [0.05, 0.1) is 19.2 Å². The third kappa shape index (κ3) is 3.12. The Kier molecular flexibility index (Phi) is 4.30. The monoisotopic (exact) mass is 366 g/mol. The molecule has 2 heterocycles. The Morgan fingerprint density at radius 3 is 2.80 bits per heavy atom. The number of hydrogen-bond donors (Lipinski definition) is 1. The lowest BCUT2D eigenvalue weighted by atomic mass is 10.0. The number of carbonyl (C=O) groups is 1. The molecule has 25 heavy (non-hydrogen) atoms. The lowest BCUT2D eigenvalue weighted by Gasteiger charge is -2.15. The summed E-state index contributed by atoms with van der Waals surface area (Å²) in [5, 5.41) is 0.154. The van der Waals surface area contributed by atoms with E-state index in [4.69, 9.17) is 22.1 Å². The number of ether oxygens (including phenoxy) is 1. The topological polar surface area (TPSA) is 83.0 Å². The number of alkyl halides is 2. The largest absolute Gasteiger partial charge is 0.496 e. The van der Waals surface area contributed by atoms with Crippen LogP contribution in [0.4, 0.5) is 14.7 Å². The van der Waals surface area contributed by atoms with Crippen LogP contribution >= 0.6 is 11.6 Å². The van der Waals surface area contributed by atoms with Gasteiger partial charge in [0, 0.05) is 17.3 Å². The van der Waals surface area contributed by atoms with Crippen molar-refractivity contribution < 1.29 is 18.3 Å². The Balaban J connectivity index is 2.08. The van der Waals surface area contributed by atoms with Crippen LogP contribution < -0.4 is 10.5 Å². The van der Waals surface area contributed by atoms with Crippen LogP contribution in [0.3, 0.4) is 0 Å². The predicted octanol–water partition coefficient (Wildman–Crippen LogP) is 3.01. The molecule has 2 N–H and O–H groups in total. The van der Waals surface area contributed by atoms with Crippen molar-refractivity contribution in [2.24, 2.45) is 0 Å². The van der Waals surface area contributed by atoms with E-state index in [2.05, 4.69) is 9.97 Å². The average molecular weight is 367 g/mol. The minimum Gasteiger partial charge on any atom is -0.496 e. The Morgan fingerprint density at radius 2 is 2.12 bits per heavy atom. The Bertz CT molecular complexity index is 959. The van der Waals surface area contributed by atoms with Crippen molar-refractivity contribution in [2.75, 3.05) is 12.8 Å². The summed E-state index contributed by atoms with van der Waals surface area (Å²) in [5.41, 5.74) is 6.65. The summed E-state index contributed by atoms with van der Waals surface area (Å²) < 4.78 is 34.3. The molecule has 6 nitrogen and oxygen atoms in total. The SMILES string of the molecule is COc1ccc(C(F)(F)C=O)cc1Cn1ccc2nc(N)nc(Cl)c21. The number of methoxy groups -OCH3 is 1. The van der Waals surface area contributed by atoms with Crippen LogP contribution in [-0.2, 0) is 17.3 Å². The summed E-state index contributed by atoms with van der Waals surface area (Å²) in [5.74, 6) is -3.13. The quantitative estimate of drug-likeness (QED) is 0.554. The maximum Gasteiger partial charge on any atom is 0.327 e. The van der Waals surface area contributed by atoms with E-state index in [9.17, 15) is 13.6 Å². The molecule has 0 saturated carbocycles. The van der Waals surface area contributed by atoms with Gasteiger partial charge in [0.25, 0.3) is 0 Å². The molecule has 0 aliphatic heterocycles. The molecule has 3 rings (SSSR count). The van der Waals surface area contributed by atoms with Crippen molar-refractivity contribution in [3.05, 3.63) is 46.7 Å². The van der Waals surface area contributed by atoms with Gasteiger partial charge < -0.3 is 15.0 Å². The highest BCUT2D eigenvalue weighted by Crippen LogP contribution is 2.31. The molecule has 0 spiro atoms. The van der Waals surface area contributed by atoms with Gasteiger partial charge in [-0.3, -0.25) is 4.79 Å². The summed E-state index contributed by atoms with van der Waals surface area (Å²) >= 11 is 6.13. The number of halogens is 3. The first-order valence-corrected chi connectivity index (χ1v) is 7.53. The molecular weight excluding hydrogens is 354 g/mol. The Morgan fingerprint density at radius 1 is 1.36 bits per heavy atom. The second-order valence-electron chi connectivity index (χ2n) is 5.32. The highest BCUT2D eigenvalue weighted by Gasteiger charge is 2.31. The number of carbonyl (C=O) groups excluding carboxylic acids is 1. The number of nitrogen functional groups attached to an aromatic ring is 1. The van der Waals surface area contributed by atoms with Gasteiger partial charge in [-0.05, 0) is 24.3 Å². The fourth-order valence-electron chi connectivity index (χ4n) is 2.57. The number of aromatic nitrogens is 3. The molecule has 3 aromatic rings. The molecule has 0 radical (unpaired) electrons. The maximum atomic E-state index is 13.7. The summed E-state index contributed by atoms with van der Waals surface area (Å²) in [6, 6.07) is 5.46. The molecule has 2 aromatic heterocycles. The number of nitrogens with zero attached hydrogens (tertiary/aromatic N) is 3. The number of aldehydes is 1. The predicted molar refractivity (Wildman–Crippen MR) is 89.0 cm³/mol. The standard InChI is InChI=1S/C16H13ClF2N4O2/c1-25-12-3-2-10(16(18,19)8-24)6-9(12)7-23-5-4-11-13(23)14(17)22-15(20)21-11/h2-6,8H,7H2,1H3,(H2,20,21,22). The van der Waals surface area contributed by atoms with Crippen LogP contribution in [-0.4, -0.2) is 27.9 Å². The minimum absolute atomic E-state index is 0.0421. The van der Waals surface area contributed by atoms with E-state index in [0.29, 0.717) is 22.3 Å². The molecule has 0 atom stereocenters. The van der Waals surface area contributed by atoms with Crippen molar-refractivity contribution in [3.8, 4) is 5.75 Å². The first-order chi connectivity index (χ1) is 11.9. The molecule has 0 aliphatic rings. The molecule has 130 valence electrons. The van der Waals surface area contributed by atoms with Crippen LogP contribution in [0.25, 0.3) is 11.0 Å². The van der Waals surface area contributed by atoms with Gasteiger partial charge in [-0.2, -0.15) is 13.8 Å². The van der Waals surface area contributed by atoms with E-state index in [0.717, 1.165) is 6.07 Å². The maximum absolute atomic E-state index is 13.7. The molecule has 0 aliphatic carbocycles. The summed E-state index contributed by atoms with van der Waals surface area (Å²) in [6.45, 7) is 0.169. The van der Waals surface area contributed by atoms with E-state index in [-0.39, 0.29) is 17.6 Å². The fraction of sp³-hybridized carbons (Fsp3) is 0.188. The summed E-state index contributed by atoms with van der Waals surface area (Å²) in [6.07, 6.45) is 1.30. The first kappa shape index (κ1) is 17.1. The van der Waals surface area contributed by atoms with E-state index in [1.165, 1.54) is 19.2 Å². The van der Waals surface area contributed by atoms with Gasteiger partial charge >= 0.3 is 5.92 Å². The normalized spacial score (nSPS) is 11.7. The van der Waals surface area contributed by atoms with Crippen LogP contribution in [0.2, 0.25) is 5.15 Å². The minimum atomic E-state index is -3.57. The molecule has 0 fully saturated rings. The van der Waals surface area contributed by atoms with Gasteiger partial charge in [0.1, 0.15) is 11.3 Å². The summed E-state index contributed by atoms with van der Waals surface area (Å²) in [4.78, 5) is 18.6. The fourth-order valence-corrected chi connectivity index (χ4v) is 2.86. The number of fused-ring (bicyclic) bond motifs is 1. The number of anilines is 1. The highest BCUT2D eigenvalue weighted by molar-refractivity contribution is 6.33. The van der Waals surface area contributed by atoms with Gasteiger partial charge in [0.2, 0.25) is 5.95 Å². The molecule has 0 saturated heterocycles.